The SMILES string of the molecule is CN(C(=O)C1(N)CC1)c1csc2ccccc12. The lowest BCUT2D eigenvalue weighted by Gasteiger charge is -2.20. The number of rotatable bonds is 2. The van der Waals surface area contributed by atoms with Gasteiger partial charge in [-0.15, -0.1) is 11.3 Å². The van der Waals surface area contributed by atoms with Crippen LogP contribution in [0.4, 0.5) is 5.69 Å². The molecule has 1 aliphatic rings. The van der Waals surface area contributed by atoms with Gasteiger partial charge in [-0.1, -0.05) is 18.2 Å². The van der Waals surface area contributed by atoms with Crippen molar-refractivity contribution < 1.29 is 4.79 Å². The van der Waals surface area contributed by atoms with Gasteiger partial charge in [0.15, 0.2) is 0 Å². The first-order valence-corrected chi connectivity index (χ1v) is 6.53. The van der Waals surface area contributed by atoms with Crippen molar-refractivity contribution in [3.63, 3.8) is 0 Å². The number of nitrogens with zero attached hydrogens (tertiary/aromatic N) is 1. The molecule has 0 aliphatic heterocycles. The molecule has 0 saturated heterocycles. The highest BCUT2D eigenvalue weighted by Gasteiger charge is 2.47. The Hall–Kier alpha value is -1.39. The average molecular weight is 246 g/mol. The van der Waals surface area contributed by atoms with Gasteiger partial charge in [-0.05, 0) is 18.9 Å². The fraction of sp³-hybridized carbons (Fsp3) is 0.308. The second-order valence-electron chi connectivity index (χ2n) is 4.64. The Morgan fingerprint density at radius 2 is 2.12 bits per heavy atom. The van der Waals surface area contributed by atoms with Crippen LogP contribution in [0.25, 0.3) is 10.1 Å². The normalized spacial score (nSPS) is 17.1. The summed E-state index contributed by atoms with van der Waals surface area (Å²) >= 11 is 1.66. The number of hydrogen-bond acceptors (Lipinski definition) is 3. The number of carbonyl (C=O) groups is 1. The van der Waals surface area contributed by atoms with Gasteiger partial charge >= 0.3 is 0 Å². The van der Waals surface area contributed by atoms with E-state index in [1.165, 1.54) is 4.70 Å². The zero-order valence-electron chi connectivity index (χ0n) is 9.64. The summed E-state index contributed by atoms with van der Waals surface area (Å²) in [4.78, 5) is 13.9. The van der Waals surface area contributed by atoms with Crippen molar-refractivity contribution in [2.45, 2.75) is 18.4 Å². The molecule has 0 spiro atoms. The van der Waals surface area contributed by atoms with Gasteiger partial charge in [0.1, 0.15) is 0 Å². The summed E-state index contributed by atoms with van der Waals surface area (Å²) in [7, 11) is 1.81. The van der Waals surface area contributed by atoms with Crippen LogP contribution in [-0.2, 0) is 4.79 Å². The Morgan fingerprint density at radius 1 is 1.41 bits per heavy atom. The summed E-state index contributed by atoms with van der Waals surface area (Å²) in [5, 5.41) is 3.14. The molecule has 3 rings (SSSR count). The number of amides is 1. The quantitative estimate of drug-likeness (QED) is 0.884. The van der Waals surface area contributed by atoms with Crippen molar-refractivity contribution in [1.29, 1.82) is 0 Å². The molecule has 88 valence electrons. The molecule has 4 heteroatoms. The highest BCUT2D eigenvalue weighted by molar-refractivity contribution is 7.17. The van der Waals surface area contributed by atoms with Gasteiger partial charge in [-0.3, -0.25) is 4.79 Å². The van der Waals surface area contributed by atoms with Crippen LogP contribution in [0.5, 0.6) is 0 Å². The lowest BCUT2D eigenvalue weighted by Crippen LogP contribution is -2.43. The van der Waals surface area contributed by atoms with Crippen molar-refractivity contribution in [2.24, 2.45) is 5.73 Å². The number of anilines is 1. The van der Waals surface area contributed by atoms with Gasteiger partial charge in [0, 0.05) is 22.5 Å². The molecule has 2 aromatic rings. The van der Waals surface area contributed by atoms with E-state index in [0.717, 1.165) is 23.9 Å². The van der Waals surface area contributed by atoms with Crippen LogP contribution in [-0.4, -0.2) is 18.5 Å². The van der Waals surface area contributed by atoms with Crippen molar-refractivity contribution in [3.05, 3.63) is 29.6 Å². The van der Waals surface area contributed by atoms with Crippen LogP contribution >= 0.6 is 11.3 Å². The first-order valence-electron chi connectivity index (χ1n) is 5.65. The van der Waals surface area contributed by atoms with Crippen LogP contribution in [0.3, 0.4) is 0 Å². The maximum Gasteiger partial charge on any atom is 0.246 e. The minimum Gasteiger partial charge on any atom is -0.317 e. The van der Waals surface area contributed by atoms with Crippen LogP contribution in [0.2, 0.25) is 0 Å². The summed E-state index contributed by atoms with van der Waals surface area (Å²) in [5.74, 6) is 0.0288. The standard InChI is InChI=1S/C13H14N2OS/c1-15(12(16)13(14)6-7-13)10-8-17-11-5-3-2-4-9(10)11/h2-5,8H,6-7,14H2,1H3. The fourth-order valence-electron chi connectivity index (χ4n) is 2.02. The van der Waals surface area contributed by atoms with E-state index in [1.807, 2.05) is 30.6 Å². The van der Waals surface area contributed by atoms with Gasteiger partial charge in [0.25, 0.3) is 0 Å². The summed E-state index contributed by atoms with van der Waals surface area (Å²) in [6.07, 6.45) is 1.61. The van der Waals surface area contributed by atoms with E-state index in [4.69, 9.17) is 5.73 Å². The number of likely N-dealkylation sites (N-methyl/N-ethyl adjacent to an activating group) is 1. The Morgan fingerprint density at radius 3 is 2.82 bits per heavy atom. The Kier molecular flexibility index (Phi) is 2.24. The van der Waals surface area contributed by atoms with Crippen molar-refractivity contribution in [2.75, 3.05) is 11.9 Å². The summed E-state index contributed by atoms with van der Waals surface area (Å²) in [6, 6.07) is 8.11. The summed E-state index contributed by atoms with van der Waals surface area (Å²) in [6.45, 7) is 0. The second kappa shape index (κ2) is 3.55. The third-order valence-electron chi connectivity index (χ3n) is 3.34. The van der Waals surface area contributed by atoms with E-state index >= 15 is 0 Å². The molecular formula is C13H14N2OS. The second-order valence-corrected chi connectivity index (χ2v) is 5.55. The molecular weight excluding hydrogens is 232 g/mol. The minimum absolute atomic E-state index is 0.0288. The molecule has 0 radical (unpaired) electrons. The number of benzene rings is 1. The van der Waals surface area contributed by atoms with E-state index in [9.17, 15) is 4.79 Å². The first-order chi connectivity index (χ1) is 8.12. The molecule has 2 N–H and O–H groups in total. The largest absolute Gasteiger partial charge is 0.317 e. The van der Waals surface area contributed by atoms with Crippen LogP contribution in [0.1, 0.15) is 12.8 Å². The third kappa shape index (κ3) is 1.64. The van der Waals surface area contributed by atoms with Gasteiger partial charge in [0.2, 0.25) is 5.91 Å². The average Bonchev–Trinajstić information content (AvgIpc) is 2.95. The molecule has 0 unspecified atom stereocenters. The van der Waals surface area contributed by atoms with Crippen molar-refractivity contribution in [3.8, 4) is 0 Å². The molecule has 1 aliphatic carbocycles. The lowest BCUT2D eigenvalue weighted by atomic mass is 10.2. The molecule has 3 nitrogen and oxygen atoms in total. The molecule has 0 atom stereocenters. The van der Waals surface area contributed by atoms with Crippen molar-refractivity contribution >= 4 is 33.0 Å². The Bertz CT molecular complexity index is 586. The Labute approximate surface area is 104 Å². The highest BCUT2D eigenvalue weighted by atomic mass is 32.1. The number of nitrogens with two attached hydrogens (primary N) is 1. The molecule has 1 saturated carbocycles. The van der Waals surface area contributed by atoms with Gasteiger partial charge in [-0.25, -0.2) is 0 Å². The zero-order valence-corrected chi connectivity index (χ0v) is 10.5. The number of thiophene rings is 1. The maximum atomic E-state index is 12.2. The van der Waals surface area contributed by atoms with E-state index in [-0.39, 0.29) is 5.91 Å². The Balaban J connectivity index is 2.01. The fourth-order valence-corrected chi connectivity index (χ4v) is 3.00. The summed E-state index contributed by atoms with van der Waals surface area (Å²) in [5.41, 5.74) is 6.32. The van der Waals surface area contributed by atoms with Crippen LogP contribution in [0.15, 0.2) is 29.6 Å². The van der Waals surface area contributed by atoms with Crippen LogP contribution < -0.4 is 10.6 Å². The maximum absolute atomic E-state index is 12.2. The van der Waals surface area contributed by atoms with E-state index in [1.54, 1.807) is 16.2 Å². The molecule has 0 bridgehead atoms. The third-order valence-corrected chi connectivity index (χ3v) is 4.29. The number of hydrogen-bond donors (Lipinski definition) is 1. The molecule has 17 heavy (non-hydrogen) atoms. The molecule has 1 aromatic carbocycles. The number of fused-ring (bicyclic) bond motifs is 1. The zero-order chi connectivity index (χ0) is 12.0. The first kappa shape index (κ1) is 10.7. The highest BCUT2D eigenvalue weighted by Crippen LogP contribution is 2.38. The van der Waals surface area contributed by atoms with Gasteiger partial charge in [-0.2, -0.15) is 0 Å². The van der Waals surface area contributed by atoms with E-state index in [2.05, 4.69) is 6.07 Å². The predicted octanol–water partition coefficient (Wildman–Crippen LogP) is 2.36. The topological polar surface area (TPSA) is 46.3 Å². The molecule has 1 aromatic heterocycles. The van der Waals surface area contributed by atoms with Gasteiger partial charge < -0.3 is 10.6 Å². The summed E-state index contributed by atoms with van der Waals surface area (Å²) < 4.78 is 1.20. The molecule has 1 heterocycles. The van der Waals surface area contributed by atoms with Gasteiger partial charge in [0.05, 0.1) is 11.2 Å². The van der Waals surface area contributed by atoms with E-state index < -0.39 is 5.54 Å². The van der Waals surface area contributed by atoms with Crippen LogP contribution in [0, 0.1) is 0 Å². The predicted molar refractivity (Wildman–Crippen MR) is 71.4 cm³/mol. The molecule has 1 amide bonds. The van der Waals surface area contributed by atoms with Crippen molar-refractivity contribution in [1.82, 2.24) is 0 Å². The van der Waals surface area contributed by atoms with E-state index in [0.29, 0.717) is 0 Å². The lowest BCUT2D eigenvalue weighted by molar-refractivity contribution is -0.120. The molecule has 1 fully saturated rings. The smallest absolute Gasteiger partial charge is 0.246 e. The minimum atomic E-state index is -0.599. The monoisotopic (exact) mass is 246 g/mol. The number of carbonyl (C=O) groups excluding carboxylic acids is 1.